The number of carbonyl (C=O) groups excluding carboxylic acids is 1. The van der Waals surface area contributed by atoms with E-state index in [1.807, 2.05) is 0 Å². The fourth-order valence-corrected chi connectivity index (χ4v) is 3.79. The van der Waals surface area contributed by atoms with Gasteiger partial charge >= 0.3 is 12.1 Å². The highest BCUT2D eigenvalue weighted by atomic mass is 32.2. The largest absolute Gasteiger partial charge is 0.490 e. The van der Waals surface area contributed by atoms with Crippen molar-refractivity contribution in [2.24, 2.45) is 0 Å². The standard InChI is InChI=1S/C19H19F3O7S/c1-18(19(20,21)22,11-30(24,25)26)29-17(23)8-12-6-13-4-2-3-5-15(13)16(7-12)28-10-14-9-27-14/h2-7,14H,8-11H2,1H3,(H,24,25,26). The van der Waals surface area contributed by atoms with Crippen molar-refractivity contribution >= 4 is 26.9 Å². The SMILES string of the molecule is CC(CS(=O)(=O)O)(OC(=O)Cc1cc(OCC2CO2)c2ccccc2c1)C(F)(F)F. The van der Waals surface area contributed by atoms with Gasteiger partial charge in [0.2, 0.25) is 5.60 Å². The number of hydrogen-bond donors (Lipinski definition) is 1. The Bertz CT molecular complexity index is 1050. The van der Waals surface area contributed by atoms with Crippen LogP contribution in [0.5, 0.6) is 5.75 Å². The van der Waals surface area contributed by atoms with Crippen LogP contribution in [0.3, 0.4) is 0 Å². The fourth-order valence-electron chi connectivity index (χ4n) is 2.87. The van der Waals surface area contributed by atoms with Gasteiger partial charge in [-0.25, -0.2) is 0 Å². The summed E-state index contributed by atoms with van der Waals surface area (Å²) >= 11 is 0. The first kappa shape index (κ1) is 22.3. The molecule has 3 rings (SSSR count). The van der Waals surface area contributed by atoms with Gasteiger partial charge in [-0.2, -0.15) is 21.6 Å². The zero-order valence-electron chi connectivity index (χ0n) is 15.8. The molecule has 164 valence electrons. The van der Waals surface area contributed by atoms with Gasteiger partial charge in [0.15, 0.2) is 0 Å². The molecule has 0 bridgehead atoms. The van der Waals surface area contributed by atoms with Gasteiger partial charge in [0.1, 0.15) is 24.2 Å². The highest BCUT2D eigenvalue weighted by Crippen LogP contribution is 2.35. The molecule has 1 N–H and O–H groups in total. The van der Waals surface area contributed by atoms with Gasteiger partial charge in [-0.05, 0) is 23.9 Å². The highest BCUT2D eigenvalue weighted by molar-refractivity contribution is 7.85. The van der Waals surface area contributed by atoms with Crippen LogP contribution in [0.25, 0.3) is 10.8 Å². The van der Waals surface area contributed by atoms with Crippen LogP contribution in [0.4, 0.5) is 13.2 Å². The van der Waals surface area contributed by atoms with E-state index in [0.29, 0.717) is 36.8 Å². The van der Waals surface area contributed by atoms with E-state index in [-0.39, 0.29) is 6.10 Å². The van der Waals surface area contributed by atoms with E-state index in [4.69, 9.17) is 14.0 Å². The predicted molar refractivity (Wildman–Crippen MR) is 99.9 cm³/mol. The average molecular weight is 448 g/mol. The summed E-state index contributed by atoms with van der Waals surface area (Å²) in [6, 6.07) is 10.2. The van der Waals surface area contributed by atoms with E-state index in [9.17, 15) is 26.4 Å². The van der Waals surface area contributed by atoms with Crippen molar-refractivity contribution in [1.29, 1.82) is 0 Å². The van der Waals surface area contributed by atoms with E-state index < -0.39 is 40.0 Å². The van der Waals surface area contributed by atoms with Crippen LogP contribution >= 0.6 is 0 Å². The van der Waals surface area contributed by atoms with Crippen molar-refractivity contribution in [2.45, 2.75) is 31.2 Å². The first-order valence-electron chi connectivity index (χ1n) is 8.86. The second-order valence-corrected chi connectivity index (χ2v) is 8.64. The van der Waals surface area contributed by atoms with E-state index in [1.54, 1.807) is 30.3 Å². The lowest BCUT2D eigenvalue weighted by Crippen LogP contribution is -2.51. The van der Waals surface area contributed by atoms with Crippen molar-refractivity contribution in [1.82, 2.24) is 0 Å². The molecule has 2 aromatic carbocycles. The molecule has 2 aromatic rings. The average Bonchev–Trinajstić information content (AvgIpc) is 3.41. The second kappa shape index (κ2) is 8.05. The van der Waals surface area contributed by atoms with Crippen LogP contribution in [0.15, 0.2) is 36.4 Å². The van der Waals surface area contributed by atoms with E-state index in [0.717, 1.165) is 5.39 Å². The van der Waals surface area contributed by atoms with Gasteiger partial charge in [-0.15, -0.1) is 0 Å². The van der Waals surface area contributed by atoms with Crippen molar-refractivity contribution in [3.05, 3.63) is 42.0 Å². The van der Waals surface area contributed by atoms with Gasteiger partial charge in [-0.1, -0.05) is 30.3 Å². The number of benzene rings is 2. The van der Waals surface area contributed by atoms with Crippen LogP contribution < -0.4 is 4.74 Å². The molecule has 11 heteroatoms. The first-order chi connectivity index (χ1) is 13.9. The minimum absolute atomic E-state index is 0.0229. The normalized spacial score (nSPS) is 18.6. The summed E-state index contributed by atoms with van der Waals surface area (Å²) in [5, 5.41) is 1.45. The van der Waals surface area contributed by atoms with Crippen LogP contribution in [-0.4, -0.2) is 55.8 Å². The van der Waals surface area contributed by atoms with Crippen LogP contribution in [-0.2, 0) is 30.8 Å². The highest BCUT2D eigenvalue weighted by Gasteiger charge is 2.57. The van der Waals surface area contributed by atoms with Crippen LogP contribution in [0.1, 0.15) is 12.5 Å². The van der Waals surface area contributed by atoms with Crippen molar-refractivity contribution in [2.75, 3.05) is 19.0 Å². The maximum absolute atomic E-state index is 13.3. The van der Waals surface area contributed by atoms with Crippen LogP contribution in [0.2, 0.25) is 0 Å². The minimum Gasteiger partial charge on any atom is -0.490 e. The number of hydrogen-bond acceptors (Lipinski definition) is 6. The molecule has 0 aliphatic carbocycles. The van der Waals surface area contributed by atoms with Crippen molar-refractivity contribution < 1.29 is 45.1 Å². The van der Waals surface area contributed by atoms with Gasteiger partial charge < -0.3 is 14.2 Å². The topological polar surface area (TPSA) is 102 Å². The molecule has 1 heterocycles. The minimum atomic E-state index is -5.21. The molecule has 30 heavy (non-hydrogen) atoms. The predicted octanol–water partition coefficient (Wildman–Crippen LogP) is 2.91. The summed E-state index contributed by atoms with van der Waals surface area (Å²) in [5.74, 6) is -2.67. The Morgan fingerprint density at radius 1 is 1.27 bits per heavy atom. The van der Waals surface area contributed by atoms with Gasteiger partial charge in [0.25, 0.3) is 10.1 Å². The number of alkyl halides is 3. The third-order valence-corrected chi connectivity index (χ3v) is 5.37. The zero-order valence-corrected chi connectivity index (χ0v) is 16.6. The summed E-state index contributed by atoms with van der Waals surface area (Å²) < 4.78 is 86.0. The lowest BCUT2D eigenvalue weighted by molar-refractivity contribution is -0.255. The lowest BCUT2D eigenvalue weighted by Gasteiger charge is -2.30. The Hall–Kier alpha value is -2.37. The molecule has 2 unspecified atom stereocenters. The molecule has 0 spiro atoms. The molecule has 1 aliphatic rings. The Balaban J connectivity index is 1.82. The number of rotatable bonds is 8. The number of halogens is 3. The molecule has 1 saturated heterocycles. The first-order valence-corrected chi connectivity index (χ1v) is 10.5. The second-order valence-electron chi connectivity index (χ2n) is 7.19. The quantitative estimate of drug-likeness (QED) is 0.376. The Kier molecular flexibility index (Phi) is 5.99. The lowest BCUT2D eigenvalue weighted by atomic mass is 10.0. The van der Waals surface area contributed by atoms with Gasteiger partial charge in [-0.3, -0.25) is 9.35 Å². The van der Waals surface area contributed by atoms with Crippen LogP contribution in [0, 0.1) is 0 Å². The summed E-state index contributed by atoms with van der Waals surface area (Å²) in [6.45, 7) is 1.26. The molecular weight excluding hydrogens is 429 g/mol. The van der Waals surface area contributed by atoms with Gasteiger partial charge in [0.05, 0.1) is 13.0 Å². The molecule has 0 aromatic heterocycles. The monoisotopic (exact) mass is 448 g/mol. The maximum atomic E-state index is 13.3. The smallest absolute Gasteiger partial charge is 0.429 e. The van der Waals surface area contributed by atoms with Gasteiger partial charge in [0, 0.05) is 5.39 Å². The Morgan fingerprint density at radius 3 is 2.53 bits per heavy atom. The molecule has 0 amide bonds. The molecule has 1 fully saturated rings. The Morgan fingerprint density at radius 2 is 1.93 bits per heavy atom. The molecule has 1 aliphatic heterocycles. The molecule has 2 atom stereocenters. The number of carbonyl (C=O) groups is 1. The van der Waals surface area contributed by atoms with E-state index >= 15 is 0 Å². The zero-order chi connectivity index (χ0) is 22.2. The third-order valence-electron chi connectivity index (χ3n) is 4.46. The summed E-state index contributed by atoms with van der Waals surface area (Å²) in [7, 11) is -5.06. The maximum Gasteiger partial charge on any atom is 0.429 e. The number of fused-ring (bicyclic) bond motifs is 1. The van der Waals surface area contributed by atoms with Crippen molar-refractivity contribution in [3.8, 4) is 5.75 Å². The number of epoxide rings is 1. The number of ether oxygens (including phenoxy) is 3. The van der Waals surface area contributed by atoms with Crippen molar-refractivity contribution in [3.63, 3.8) is 0 Å². The molecule has 0 radical (unpaired) electrons. The van der Waals surface area contributed by atoms with E-state index in [1.165, 1.54) is 6.07 Å². The summed E-state index contributed by atoms with van der Waals surface area (Å²) in [4.78, 5) is 12.2. The molecule has 0 saturated carbocycles. The third kappa shape index (κ3) is 5.61. The van der Waals surface area contributed by atoms with E-state index in [2.05, 4.69) is 4.74 Å². The Labute approximate surface area is 170 Å². The summed E-state index contributed by atoms with van der Waals surface area (Å²) in [5.41, 5.74) is -3.07. The number of esters is 1. The fraction of sp³-hybridized carbons (Fsp3) is 0.421. The summed E-state index contributed by atoms with van der Waals surface area (Å²) in [6.07, 6.45) is -5.79. The molecule has 7 nitrogen and oxygen atoms in total. The molecular formula is C19H19F3O7S.